The van der Waals surface area contributed by atoms with E-state index in [1.165, 1.54) is 0 Å². The fourth-order valence-electron chi connectivity index (χ4n) is 12.6. The molecule has 0 N–H and O–H groups in total. The average molecular weight is 1060 g/mol. The molecule has 0 aromatic rings. The van der Waals surface area contributed by atoms with E-state index >= 15 is 9.59 Å². The Morgan fingerprint density at radius 2 is 1.47 bits per heavy atom. The van der Waals surface area contributed by atoms with Crippen LogP contribution in [0, 0.1) is 61.6 Å². The van der Waals surface area contributed by atoms with Crippen LogP contribution >= 0.6 is 0 Å². The lowest BCUT2D eigenvalue weighted by Crippen LogP contribution is -2.49. The summed E-state index contributed by atoms with van der Waals surface area (Å²) in [5.74, 6) is -7.17. The number of cyclic esters (lactones) is 1. The van der Waals surface area contributed by atoms with Gasteiger partial charge in [-0.2, -0.15) is 5.26 Å². The van der Waals surface area contributed by atoms with Gasteiger partial charge in [-0.3, -0.25) is 33.6 Å². The van der Waals surface area contributed by atoms with Crippen molar-refractivity contribution in [3.8, 4) is 6.07 Å². The molecule has 5 rings (SSSR count). The lowest BCUT2D eigenvalue weighted by molar-refractivity contribution is -0.225. The van der Waals surface area contributed by atoms with Crippen LogP contribution < -0.4 is 0 Å². The third kappa shape index (κ3) is 13.7. The minimum Gasteiger partial charge on any atom is -0.462 e. The van der Waals surface area contributed by atoms with Gasteiger partial charge in [-0.1, -0.05) is 34.6 Å². The first-order valence-electron chi connectivity index (χ1n) is 27.7. The van der Waals surface area contributed by atoms with Crippen LogP contribution in [0.5, 0.6) is 0 Å². The number of carbonyl (C=O) groups is 7. The number of esters is 7. The molecule has 12 unspecified atom stereocenters. The lowest BCUT2D eigenvalue weighted by atomic mass is 9.59. The molecule has 0 aromatic carbocycles. The summed E-state index contributed by atoms with van der Waals surface area (Å²) in [7, 11) is 0. The van der Waals surface area contributed by atoms with Gasteiger partial charge in [0.05, 0.1) is 58.9 Å². The highest BCUT2D eigenvalue weighted by molar-refractivity contribution is 5.87. The smallest absolute Gasteiger partial charge is 0.327 e. The van der Waals surface area contributed by atoms with E-state index in [9.17, 15) is 29.2 Å². The monoisotopic (exact) mass is 1060 g/mol. The van der Waals surface area contributed by atoms with Gasteiger partial charge < -0.3 is 47.4 Å². The molecule has 5 fully saturated rings. The molecule has 18 nitrogen and oxygen atoms in total. The molecule has 2 aliphatic heterocycles. The van der Waals surface area contributed by atoms with Crippen LogP contribution in [-0.4, -0.2) is 104 Å². The third-order valence-corrected chi connectivity index (χ3v) is 17.3. The summed E-state index contributed by atoms with van der Waals surface area (Å²) in [5.41, 5.74) is -8.80. The standard InChI is InChI=1S/C57H89NO17/c1-15-24-66-35-68-45(61)52(12,17-3)31-54(14,47(63)71-38(7)67-25-21-26-69-51(10,11)75-44(60)50(8,9)16-2)33-55(29-37(6)70-48(55)64)32-53(13,28-36(5)43(59)74-56(18-4)22-19-20-23-56)46(62)72-41-39-27-40-42(41)73-49(65)57(40,30-39)34-58/h36-42H,15-33,35H2,1-14H3. The minimum atomic E-state index is -1.66. The molecule has 3 saturated carbocycles. The van der Waals surface area contributed by atoms with E-state index in [0.717, 1.165) is 25.7 Å². The van der Waals surface area contributed by atoms with Gasteiger partial charge in [-0.15, -0.1) is 0 Å². The Labute approximate surface area is 445 Å². The van der Waals surface area contributed by atoms with E-state index < -0.39 is 116 Å². The third-order valence-electron chi connectivity index (χ3n) is 17.3. The van der Waals surface area contributed by atoms with Gasteiger partial charge in [-0.05, 0) is 145 Å². The van der Waals surface area contributed by atoms with Crippen molar-refractivity contribution >= 4 is 41.8 Å². The van der Waals surface area contributed by atoms with Gasteiger partial charge in [0, 0.05) is 32.1 Å². The Balaban J connectivity index is 1.46. The zero-order valence-electron chi connectivity index (χ0n) is 47.6. The minimum absolute atomic E-state index is 0.0558. The lowest BCUT2D eigenvalue weighted by Gasteiger charge is -2.43. The first-order valence-corrected chi connectivity index (χ1v) is 27.7. The van der Waals surface area contributed by atoms with Crippen molar-refractivity contribution < 1.29 is 80.9 Å². The van der Waals surface area contributed by atoms with Crippen molar-refractivity contribution in [1.82, 2.24) is 0 Å². The number of fused-ring (bicyclic) bond motifs is 1. The Hall–Kier alpha value is -4.34. The molecular weight excluding hydrogens is 971 g/mol. The second-order valence-corrected chi connectivity index (χ2v) is 24.7. The maximum absolute atomic E-state index is 15.3. The van der Waals surface area contributed by atoms with Crippen molar-refractivity contribution in [2.75, 3.05) is 26.6 Å². The Morgan fingerprint density at radius 1 is 0.800 bits per heavy atom. The van der Waals surface area contributed by atoms with E-state index in [1.54, 1.807) is 76.2 Å². The largest absolute Gasteiger partial charge is 0.462 e. The van der Waals surface area contributed by atoms with E-state index in [1.807, 2.05) is 20.8 Å². The van der Waals surface area contributed by atoms with Gasteiger partial charge in [-0.25, -0.2) is 0 Å². The second kappa shape index (κ2) is 24.1. The molecule has 12 atom stereocenters. The SMILES string of the molecule is CCCOCOC(=O)C(C)(CC)CC(C)(CC1(CC(C)(CC(C)C(=O)OC2(CC)CCCC2)C(=O)OC2C3CC4C2OC(=O)C4(C#N)C3)CC(C)OC1=O)C(=O)OC(C)OCCCOC(C)(C)OC(=O)C(C)(C)CC. The summed E-state index contributed by atoms with van der Waals surface area (Å²) in [6.07, 6.45) is 2.18. The van der Waals surface area contributed by atoms with Crippen molar-refractivity contribution in [3.63, 3.8) is 0 Å². The number of nitrogens with zero attached hydrogens (tertiary/aromatic N) is 1. The topological polar surface area (TPSA) is 236 Å². The normalized spacial score (nSPS) is 28.9. The molecule has 2 heterocycles. The van der Waals surface area contributed by atoms with E-state index in [4.69, 9.17) is 47.4 Å². The molecule has 75 heavy (non-hydrogen) atoms. The van der Waals surface area contributed by atoms with Gasteiger partial charge in [0.15, 0.2) is 18.5 Å². The number of hydrogen-bond donors (Lipinski definition) is 0. The van der Waals surface area contributed by atoms with Gasteiger partial charge >= 0.3 is 41.8 Å². The van der Waals surface area contributed by atoms with Gasteiger partial charge in [0.1, 0.15) is 23.9 Å². The molecule has 0 amide bonds. The van der Waals surface area contributed by atoms with Crippen LogP contribution in [0.15, 0.2) is 0 Å². The second-order valence-electron chi connectivity index (χ2n) is 24.7. The zero-order valence-corrected chi connectivity index (χ0v) is 47.6. The Kier molecular flexibility index (Phi) is 19.8. The van der Waals surface area contributed by atoms with E-state index in [-0.39, 0.29) is 76.8 Å². The number of carbonyl (C=O) groups excluding carboxylic acids is 7. The number of rotatable bonds is 30. The predicted molar refractivity (Wildman–Crippen MR) is 270 cm³/mol. The quantitative estimate of drug-likeness (QED) is 0.0282. The van der Waals surface area contributed by atoms with Crippen LogP contribution in [0.1, 0.15) is 200 Å². The summed E-state index contributed by atoms with van der Waals surface area (Å²) in [4.78, 5) is 99.2. The number of ether oxygens (including phenoxy) is 10. The van der Waals surface area contributed by atoms with Crippen LogP contribution in [0.4, 0.5) is 0 Å². The summed E-state index contributed by atoms with van der Waals surface area (Å²) in [6.45, 7) is 24.7. The summed E-state index contributed by atoms with van der Waals surface area (Å²) < 4.78 is 59.1. The van der Waals surface area contributed by atoms with Crippen molar-refractivity contribution in [3.05, 3.63) is 0 Å². The van der Waals surface area contributed by atoms with Crippen molar-refractivity contribution in [1.29, 1.82) is 5.26 Å². The fourth-order valence-corrected chi connectivity index (χ4v) is 12.6. The number of hydrogen-bond acceptors (Lipinski definition) is 18. The van der Waals surface area contributed by atoms with Crippen LogP contribution in [0.2, 0.25) is 0 Å². The molecule has 0 spiro atoms. The molecule has 18 heteroatoms. The highest BCUT2D eigenvalue weighted by Gasteiger charge is 2.73. The predicted octanol–water partition coefficient (Wildman–Crippen LogP) is 9.54. The van der Waals surface area contributed by atoms with Crippen molar-refractivity contribution in [2.45, 2.75) is 236 Å². The summed E-state index contributed by atoms with van der Waals surface area (Å²) >= 11 is 0. The van der Waals surface area contributed by atoms with Crippen LogP contribution in [0.3, 0.4) is 0 Å². The Bertz CT molecular complexity index is 2130. The van der Waals surface area contributed by atoms with Crippen LogP contribution in [0.25, 0.3) is 0 Å². The van der Waals surface area contributed by atoms with Crippen LogP contribution in [-0.2, 0) is 80.9 Å². The molecule has 3 aliphatic carbocycles. The molecule has 2 bridgehead atoms. The maximum atomic E-state index is 15.3. The maximum Gasteiger partial charge on any atom is 0.327 e. The van der Waals surface area contributed by atoms with E-state index in [2.05, 4.69) is 6.07 Å². The molecule has 0 radical (unpaired) electrons. The zero-order chi connectivity index (χ0) is 56.0. The summed E-state index contributed by atoms with van der Waals surface area (Å²) in [6, 6.07) is 2.19. The summed E-state index contributed by atoms with van der Waals surface area (Å²) in [5, 5.41) is 10.1. The number of nitriles is 1. The van der Waals surface area contributed by atoms with E-state index in [0.29, 0.717) is 38.7 Å². The molecule has 0 aromatic heterocycles. The highest BCUT2D eigenvalue weighted by Crippen LogP contribution is 2.63. The highest BCUT2D eigenvalue weighted by atomic mass is 16.7. The average Bonchev–Trinajstić information content (AvgIpc) is 4.14. The first kappa shape index (κ1) is 61.5. The van der Waals surface area contributed by atoms with Gasteiger partial charge in [0.2, 0.25) is 5.79 Å². The Morgan fingerprint density at radius 3 is 2.05 bits per heavy atom. The molecule has 2 saturated heterocycles. The molecule has 5 aliphatic rings. The fraction of sp³-hybridized carbons (Fsp3) is 0.860. The molecule has 424 valence electrons. The molecular formula is C57H89NO17. The first-order chi connectivity index (χ1) is 35.0. The van der Waals surface area contributed by atoms with Crippen molar-refractivity contribution in [2.24, 2.45) is 50.2 Å². The van der Waals surface area contributed by atoms with Gasteiger partial charge in [0.25, 0.3) is 0 Å².